The third-order valence-electron chi connectivity index (χ3n) is 4.17. The number of nitrogens with zero attached hydrogens (tertiary/aromatic N) is 3. The SMILES string of the molecule is Cc1cnc(Cl)nc1N1CCC[C@H](NC(=O)OCc2ccccc2)C1. The first-order chi connectivity index (χ1) is 12.1. The number of nitrogens with one attached hydrogen (secondary N) is 1. The second kappa shape index (κ2) is 8.16. The van der Waals surface area contributed by atoms with E-state index in [1.54, 1.807) is 6.20 Å². The Hall–Kier alpha value is -2.34. The van der Waals surface area contributed by atoms with Crippen LogP contribution in [0.2, 0.25) is 5.28 Å². The van der Waals surface area contributed by atoms with Gasteiger partial charge in [-0.25, -0.2) is 14.8 Å². The van der Waals surface area contributed by atoms with Crippen LogP contribution in [0.5, 0.6) is 0 Å². The van der Waals surface area contributed by atoms with Crippen molar-refractivity contribution in [3.63, 3.8) is 0 Å². The van der Waals surface area contributed by atoms with Crippen LogP contribution in [0.15, 0.2) is 36.5 Å². The van der Waals surface area contributed by atoms with Gasteiger partial charge in [-0.2, -0.15) is 0 Å². The fraction of sp³-hybridized carbons (Fsp3) is 0.389. The summed E-state index contributed by atoms with van der Waals surface area (Å²) in [5.41, 5.74) is 1.94. The van der Waals surface area contributed by atoms with Gasteiger partial charge in [-0.1, -0.05) is 30.3 Å². The number of anilines is 1. The summed E-state index contributed by atoms with van der Waals surface area (Å²) >= 11 is 5.92. The van der Waals surface area contributed by atoms with E-state index in [-0.39, 0.29) is 17.9 Å². The van der Waals surface area contributed by atoms with Crippen molar-refractivity contribution in [3.05, 3.63) is 52.9 Å². The predicted molar refractivity (Wildman–Crippen MR) is 96.8 cm³/mol. The van der Waals surface area contributed by atoms with Gasteiger partial charge < -0.3 is 15.0 Å². The normalized spacial score (nSPS) is 17.2. The van der Waals surface area contributed by atoms with Crippen LogP contribution in [0.25, 0.3) is 0 Å². The summed E-state index contributed by atoms with van der Waals surface area (Å²) in [4.78, 5) is 22.5. The van der Waals surface area contributed by atoms with Gasteiger partial charge in [-0.3, -0.25) is 0 Å². The molecule has 1 aromatic heterocycles. The van der Waals surface area contributed by atoms with E-state index >= 15 is 0 Å². The lowest BCUT2D eigenvalue weighted by Gasteiger charge is -2.34. The summed E-state index contributed by atoms with van der Waals surface area (Å²) in [5, 5.41) is 3.18. The van der Waals surface area contributed by atoms with Crippen LogP contribution in [-0.2, 0) is 11.3 Å². The molecule has 132 valence electrons. The molecule has 1 amide bonds. The molecule has 7 heteroatoms. The first-order valence-electron chi connectivity index (χ1n) is 8.33. The molecule has 1 aliphatic heterocycles. The van der Waals surface area contributed by atoms with Gasteiger partial charge in [-0.15, -0.1) is 0 Å². The van der Waals surface area contributed by atoms with E-state index in [0.717, 1.165) is 36.3 Å². The number of halogens is 1. The Labute approximate surface area is 152 Å². The zero-order valence-corrected chi connectivity index (χ0v) is 14.9. The Balaban J connectivity index is 1.54. The molecule has 0 aliphatic carbocycles. The lowest BCUT2D eigenvalue weighted by atomic mass is 10.1. The van der Waals surface area contributed by atoms with E-state index in [4.69, 9.17) is 16.3 Å². The van der Waals surface area contributed by atoms with Gasteiger partial charge in [0.15, 0.2) is 0 Å². The summed E-state index contributed by atoms with van der Waals surface area (Å²) in [6, 6.07) is 9.65. The Morgan fingerprint density at radius 2 is 2.20 bits per heavy atom. The second-order valence-electron chi connectivity index (χ2n) is 6.14. The number of carbonyl (C=O) groups excluding carboxylic acids is 1. The van der Waals surface area contributed by atoms with Gasteiger partial charge >= 0.3 is 6.09 Å². The molecule has 0 spiro atoms. The van der Waals surface area contributed by atoms with Crippen molar-refractivity contribution in [2.24, 2.45) is 0 Å². The molecule has 1 saturated heterocycles. The molecule has 0 unspecified atom stereocenters. The molecule has 1 fully saturated rings. The van der Waals surface area contributed by atoms with Gasteiger partial charge in [0.2, 0.25) is 5.28 Å². The highest BCUT2D eigenvalue weighted by Crippen LogP contribution is 2.22. The minimum Gasteiger partial charge on any atom is -0.445 e. The zero-order valence-electron chi connectivity index (χ0n) is 14.1. The van der Waals surface area contributed by atoms with Crippen LogP contribution in [-0.4, -0.2) is 35.2 Å². The number of amides is 1. The summed E-state index contributed by atoms with van der Waals surface area (Å²) < 4.78 is 5.30. The van der Waals surface area contributed by atoms with E-state index in [1.807, 2.05) is 37.3 Å². The molecule has 1 aliphatic rings. The van der Waals surface area contributed by atoms with E-state index in [0.29, 0.717) is 6.54 Å². The third-order valence-corrected chi connectivity index (χ3v) is 4.35. The van der Waals surface area contributed by atoms with Crippen molar-refractivity contribution in [2.75, 3.05) is 18.0 Å². The standard InChI is InChI=1S/C18H21ClN4O2/c1-13-10-20-17(19)22-16(13)23-9-5-8-15(11-23)21-18(24)25-12-14-6-3-2-4-7-14/h2-4,6-7,10,15H,5,8-9,11-12H2,1H3,(H,21,24)/t15-/m0/s1. The minimum atomic E-state index is -0.395. The first kappa shape index (κ1) is 17.5. The van der Waals surface area contributed by atoms with Gasteiger partial charge in [0.25, 0.3) is 0 Å². The molecule has 2 aromatic rings. The van der Waals surface area contributed by atoms with E-state index in [2.05, 4.69) is 20.2 Å². The van der Waals surface area contributed by atoms with Crippen LogP contribution in [0.1, 0.15) is 24.0 Å². The Bertz CT molecular complexity index is 726. The van der Waals surface area contributed by atoms with Crippen molar-refractivity contribution < 1.29 is 9.53 Å². The van der Waals surface area contributed by atoms with Gasteiger partial charge in [0.1, 0.15) is 12.4 Å². The molecule has 0 bridgehead atoms. The molecule has 2 heterocycles. The fourth-order valence-corrected chi connectivity index (χ4v) is 3.08. The molecular weight excluding hydrogens is 340 g/mol. The molecule has 25 heavy (non-hydrogen) atoms. The van der Waals surface area contributed by atoms with Crippen molar-refractivity contribution in [1.82, 2.24) is 15.3 Å². The molecule has 1 N–H and O–H groups in total. The maximum atomic E-state index is 12.1. The summed E-state index contributed by atoms with van der Waals surface area (Å²) in [6.07, 6.45) is 3.20. The number of hydrogen-bond donors (Lipinski definition) is 1. The zero-order chi connectivity index (χ0) is 17.6. The molecule has 1 atom stereocenters. The van der Waals surface area contributed by atoms with Crippen molar-refractivity contribution >= 4 is 23.5 Å². The molecule has 0 radical (unpaired) electrons. The van der Waals surface area contributed by atoms with Crippen LogP contribution < -0.4 is 10.2 Å². The number of piperidine rings is 1. The minimum absolute atomic E-state index is 0.0187. The van der Waals surface area contributed by atoms with Crippen LogP contribution in [0, 0.1) is 6.92 Å². The molecular formula is C18H21ClN4O2. The third kappa shape index (κ3) is 4.82. The molecule has 0 saturated carbocycles. The highest BCUT2D eigenvalue weighted by Gasteiger charge is 2.24. The van der Waals surface area contributed by atoms with E-state index in [1.165, 1.54) is 0 Å². The maximum absolute atomic E-state index is 12.1. The summed E-state index contributed by atoms with van der Waals surface area (Å²) in [6.45, 7) is 3.78. The Morgan fingerprint density at radius 3 is 3.00 bits per heavy atom. The van der Waals surface area contributed by atoms with Crippen molar-refractivity contribution in [2.45, 2.75) is 32.4 Å². The lowest BCUT2D eigenvalue weighted by Crippen LogP contribution is -2.48. The smallest absolute Gasteiger partial charge is 0.407 e. The average Bonchev–Trinajstić information content (AvgIpc) is 2.63. The summed E-state index contributed by atoms with van der Waals surface area (Å²) in [5.74, 6) is 0.823. The number of alkyl carbamates (subject to hydrolysis) is 1. The van der Waals surface area contributed by atoms with Crippen LogP contribution in [0.4, 0.5) is 10.6 Å². The number of ether oxygens (including phenoxy) is 1. The number of hydrogen-bond acceptors (Lipinski definition) is 5. The number of benzene rings is 1. The van der Waals surface area contributed by atoms with Gasteiger partial charge in [0.05, 0.1) is 0 Å². The highest BCUT2D eigenvalue weighted by atomic mass is 35.5. The summed E-state index contributed by atoms with van der Waals surface area (Å²) in [7, 11) is 0. The van der Waals surface area contributed by atoms with Crippen LogP contribution in [0.3, 0.4) is 0 Å². The highest BCUT2D eigenvalue weighted by molar-refractivity contribution is 6.28. The average molecular weight is 361 g/mol. The Morgan fingerprint density at radius 1 is 1.40 bits per heavy atom. The number of aryl methyl sites for hydroxylation is 1. The van der Waals surface area contributed by atoms with E-state index in [9.17, 15) is 4.79 Å². The first-order valence-corrected chi connectivity index (χ1v) is 8.71. The largest absolute Gasteiger partial charge is 0.445 e. The lowest BCUT2D eigenvalue weighted by molar-refractivity contribution is 0.134. The van der Waals surface area contributed by atoms with Gasteiger partial charge in [0, 0.05) is 30.9 Å². The monoisotopic (exact) mass is 360 g/mol. The second-order valence-corrected chi connectivity index (χ2v) is 6.47. The molecule has 6 nitrogen and oxygen atoms in total. The van der Waals surface area contributed by atoms with Crippen molar-refractivity contribution in [3.8, 4) is 0 Å². The topological polar surface area (TPSA) is 67.4 Å². The van der Waals surface area contributed by atoms with Gasteiger partial charge in [-0.05, 0) is 36.9 Å². The number of rotatable bonds is 4. The fourth-order valence-electron chi connectivity index (χ4n) is 2.95. The number of carbonyl (C=O) groups is 1. The molecule has 1 aromatic carbocycles. The van der Waals surface area contributed by atoms with Crippen molar-refractivity contribution in [1.29, 1.82) is 0 Å². The van der Waals surface area contributed by atoms with E-state index < -0.39 is 6.09 Å². The van der Waals surface area contributed by atoms with Crippen LogP contribution >= 0.6 is 11.6 Å². The quantitative estimate of drug-likeness (QED) is 0.847. The Kier molecular flexibility index (Phi) is 5.71. The number of aromatic nitrogens is 2. The predicted octanol–water partition coefficient (Wildman–Crippen LogP) is 3.33. The molecule has 3 rings (SSSR count). The maximum Gasteiger partial charge on any atom is 0.407 e.